The van der Waals surface area contributed by atoms with Crippen molar-refractivity contribution >= 4 is 11.8 Å². The molecular weight excluding hydrogens is 136 g/mol. The Hall–Kier alpha value is -0.510. The van der Waals surface area contributed by atoms with Gasteiger partial charge in [0.25, 0.3) is 0 Å². The lowest BCUT2D eigenvalue weighted by atomic mass is 10.4. The van der Waals surface area contributed by atoms with Gasteiger partial charge in [0, 0.05) is 10.5 Å². The fraction of sp³-hybridized carbons (Fsp3) is 0.600. The summed E-state index contributed by atoms with van der Waals surface area (Å²) in [5, 5.41) is 7.49. The Morgan fingerprint density at radius 1 is 1.78 bits per heavy atom. The second kappa shape index (κ2) is 2.87. The van der Waals surface area contributed by atoms with Crippen LogP contribution in [0.1, 0.15) is 17.9 Å². The van der Waals surface area contributed by atoms with Crippen LogP contribution in [0.15, 0.2) is 10.8 Å². The molecule has 1 atom stereocenters. The summed E-state index contributed by atoms with van der Waals surface area (Å²) in [6.45, 7) is 2.06. The lowest BCUT2D eigenvalue weighted by molar-refractivity contribution is 0.392. The summed E-state index contributed by atoms with van der Waals surface area (Å²) in [5.41, 5.74) is 0.905. The number of thioether (sulfide) groups is 1. The van der Waals surface area contributed by atoms with Gasteiger partial charge in [-0.2, -0.15) is 11.8 Å². The van der Waals surface area contributed by atoms with Gasteiger partial charge in [0.05, 0.1) is 0 Å². The highest BCUT2D eigenvalue weighted by Crippen LogP contribution is 2.22. The maximum atomic E-state index is 4.56. The van der Waals surface area contributed by atoms with Gasteiger partial charge in [-0.15, -0.1) is 5.10 Å². The van der Waals surface area contributed by atoms with Gasteiger partial charge in [-0.1, -0.05) is 0 Å². The van der Waals surface area contributed by atoms with E-state index in [2.05, 4.69) is 21.8 Å². The van der Waals surface area contributed by atoms with E-state index < -0.39 is 0 Å². The van der Waals surface area contributed by atoms with Gasteiger partial charge in [0.15, 0.2) is 0 Å². The van der Waals surface area contributed by atoms with Crippen LogP contribution in [-0.2, 0) is 0 Å². The monoisotopic (exact) mass is 144 g/mol. The zero-order valence-corrected chi connectivity index (χ0v) is 6.18. The second-order valence-corrected chi connectivity index (χ2v) is 2.89. The van der Waals surface area contributed by atoms with Crippen molar-refractivity contribution in [3.05, 3.63) is 12.0 Å². The molecule has 0 bridgehead atoms. The molecule has 0 spiro atoms. The molecule has 0 N–H and O–H groups in total. The molecule has 0 aliphatic carbocycles. The zero-order valence-electron chi connectivity index (χ0n) is 5.37. The first-order valence-electron chi connectivity index (χ1n) is 2.64. The van der Waals surface area contributed by atoms with E-state index in [1.165, 1.54) is 0 Å². The van der Waals surface area contributed by atoms with Gasteiger partial charge in [-0.3, -0.25) is 0 Å². The third-order valence-electron chi connectivity index (χ3n) is 1.15. The Morgan fingerprint density at radius 2 is 2.56 bits per heavy atom. The van der Waals surface area contributed by atoms with Crippen LogP contribution in [0.25, 0.3) is 0 Å². The van der Waals surface area contributed by atoms with Crippen molar-refractivity contribution in [1.82, 2.24) is 10.4 Å². The Kier molecular flexibility index (Phi) is 2.10. The average molecular weight is 144 g/mol. The normalized spacial score (nSPS) is 13.6. The lowest BCUT2D eigenvalue weighted by Gasteiger charge is -1.98. The van der Waals surface area contributed by atoms with Gasteiger partial charge in [0.1, 0.15) is 12.0 Å². The van der Waals surface area contributed by atoms with Gasteiger partial charge in [0.2, 0.25) is 0 Å². The summed E-state index contributed by atoms with van der Waals surface area (Å²) in [7, 11) is 0. The molecule has 50 valence electrons. The molecule has 0 radical (unpaired) electrons. The van der Waals surface area contributed by atoms with Crippen molar-refractivity contribution in [2.24, 2.45) is 0 Å². The molecule has 1 aromatic rings. The summed E-state index contributed by atoms with van der Waals surface area (Å²) in [5.74, 6) is 0. The van der Waals surface area contributed by atoms with E-state index in [-0.39, 0.29) is 0 Å². The zero-order chi connectivity index (χ0) is 6.69. The van der Waals surface area contributed by atoms with E-state index in [0.29, 0.717) is 5.25 Å². The fourth-order valence-corrected chi connectivity index (χ4v) is 0.814. The van der Waals surface area contributed by atoms with Crippen LogP contribution in [0.4, 0.5) is 0 Å². The van der Waals surface area contributed by atoms with E-state index in [1.807, 2.05) is 6.26 Å². The van der Waals surface area contributed by atoms with Crippen LogP contribution < -0.4 is 0 Å². The molecule has 1 heterocycles. The SMILES string of the molecule is CSC(C)c1conn1. The maximum Gasteiger partial charge on any atom is 0.148 e. The molecule has 0 aromatic carbocycles. The van der Waals surface area contributed by atoms with Crippen LogP contribution in [0, 0.1) is 0 Å². The second-order valence-electron chi connectivity index (χ2n) is 1.71. The third-order valence-corrected chi connectivity index (χ3v) is 2.10. The summed E-state index contributed by atoms with van der Waals surface area (Å²) >= 11 is 1.72. The molecule has 0 aliphatic rings. The highest BCUT2D eigenvalue weighted by Gasteiger charge is 2.05. The van der Waals surface area contributed by atoms with Crippen molar-refractivity contribution in [2.75, 3.05) is 6.26 Å². The van der Waals surface area contributed by atoms with E-state index >= 15 is 0 Å². The van der Waals surface area contributed by atoms with Crippen LogP contribution in [0.5, 0.6) is 0 Å². The fourth-order valence-electron chi connectivity index (χ4n) is 0.470. The van der Waals surface area contributed by atoms with Crippen molar-refractivity contribution in [3.8, 4) is 0 Å². The van der Waals surface area contributed by atoms with Crippen molar-refractivity contribution in [1.29, 1.82) is 0 Å². The van der Waals surface area contributed by atoms with Gasteiger partial charge in [-0.05, 0) is 13.2 Å². The number of hydrogen-bond donors (Lipinski definition) is 0. The Balaban J connectivity index is 2.65. The molecule has 0 fully saturated rings. The van der Waals surface area contributed by atoms with Gasteiger partial charge >= 0.3 is 0 Å². The first kappa shape index (κ1) is 6.61. The Bertz CT molecular complexity index is 163. The number of aromatic nitrogens is 2. The van der Waals surface area contributed by atoms with Crippen molar-refractivity contribution in [3.63, 3.8) is 0 Å². The molecule has 3 nitrogen and oxygen atoms in total. The number of hydrogen-bond acceptors (Lipinski definition) is 4. The molecular formula is C5H8N2OS. The van der Waals surface area contributed by atoms with Crippen LogP contribution in [-0.4, -0.2) is 16.6 Å². The minimum Gasteiger partial charge on any atom is -0.345 e. The molecule has 0 aliphatic heterocycles. The predicted octanol–water partition coefficient (Wildman–Crippen LogP) is 1.49. The highest BCUT2D eigenvalue weighted by atomic mass is 32.2. The quantitative estimate of drug-likeness (QED) is 0.630. The molecule has 1 aromatic heterocycles. The molecule has 0 saturated carbocycles. The largest absolute Gasteiger partial charge is 0.345 e. The third kappa shape index (κ3) is 1.45. The molecule has 1 unspecified atom stereocenters. The van der Waals surface area contributed by atoms with Gasteiger partial charge in [-0.25, -0.2) is 0 Å². The minimum atomic E-state index is 0.385. The summed E-state index contributed by atoms with van der Waals surface area (Å²) in [6.07, 6.45) is 3.60. The van der Waals surface area contributed by atoms with Crippen LogP contribution in [0.3, 0.4) is 0 Å². The van der Waals surface area contributed by atoms with E-state index in [1.54, 1.807) is 18.0 Å². The van der Waals surface area contributed by atoms with E-state index in [4.69, 9.17) is 0 Å². The standard InChI is InChI=1S/C5H8N2OS/c1-4(9-2)5-3-8-7-6-5/h3-4H,1-2H3. The predicted molar refractivity (Wildman–Crippen MR) is 36.2 cm³/mol. The van der Waals surface area contributed by atoms with Crippen LogP contribution in [0.2, 0.25) is 0 Å². The highest BCUT2D eigenvalue weighted by molar-refractivity contribution is 7.98. The Labute approximate surface area is 57.8 Å². The molecule has 0 saturated heterocycles. The molecule has 1 rings (SSSR count). The average Bonchev–Trinajstić information content (AvgIpc) is 2.37. The first-order valence-corrected chi connectivity index (χ1v) is 3.93. The van der Waals surface area contributed by atoms with Gasteiger partial charge < -0.3 is 4.52 Å². The van der Waals surface area contributed by atoms with Crippen molar-refractivity contribution < 1.29 is 4.52 Å². The van der Waals surface area contributed by atoms with E-state index in [0.717, 1.165) is 5.69 Å². The maximum absolute atomic E-state index is 4.56. The van der Waals surface area contributed by atoms with Crippen molar-refractivity contribution in [2.45, 2.75) is 12.2 Å². The van der Waals surface area contributed by atoms with E-state index in [9.17, 15) is 0 Å². The molecule has 9 heavy (non-hydrogen) atoms. The topological polar surface area (TPSA) is 38.9 Å². The minimum absolute atomic E-state index is 0.385. The summed E-state index contributed by atoms with van der Waals surface area (Å²) < 4.78 is 4.56. The van der Waals surface area contributed by atoms with Crippen LogP contribution >= 0.6 is 11.8 Å². The molecule has 0 amide bonds. The smallest absolute Gasteiger partial charge is 0.148 e. The summed E-state index contributed by atoms with van der Waals surface area (Å²) in [6, 6.07) is 0. The molecule has 4 heteroatoms. The Morgan fingerprint density at radius 3 is 3.00 bits per heavy atom. The first-order chi connectivity index (χ1) is 4.34. The number of rotatable bonds is 2. The lowest BCUT2D eigenvalue weighted by Crippen LogP contribution is -1.86. The summed E-state index contributed by atoms with van der Waals surface area (Å²) in [4.78, 5) is 0. The number of nitrogens with zero attached hydrogens (tertiary/aromatic N) is 2.